The lowest BCUT2D eigenvalue weighted by molar-refractivity contribution is 0.670. The van der Waals surface area contributed by atoms with Crippen LogP contribution in [0.1, 0.15) is 11.1 Å². The topological polar surface area (TPSA) is 30.4 Å². The van der Waals surface area contributed by atoms with Gasteiger partial charge in [0, 0.05) is 32.7 Å². The van der Waals surface area contributed by atoms with Gasteiger partial charge in [-0.05, 0) is 69.3 Å². The maximum atomic E-state index is 6.51. The van der Waals surface area contributed by atoms with Crippen LogP contribution >= 0.6 is 0 Å². The van der Waals surface area contributed by atoms with Gasteiger partial charge >= 0.3 is 0 Å². The summed E-state index contributed by atoms with van der Waals surface area (Å²) in [7, 11) is 0. The smallest absolute Gasteiger partial charge is 0.143 e. The monoisotopic (exact) mass is 716 g/mol. The molecule has 2 aromatic heterocycles. The van der Waals surface area contributed by atoms with E-state index in [9.17, 15) is 0 Å². The molecule has 10 rings (SSSR count). The maximum Gasteiger partial charge on any atom is 0.143 e. The normalized spacial score (nSPS) is 12.0. The third-order valence-corrected chi connectivity index (χ3v) is 10.7. The van der Waals surface area contributed by atoms with Crippen LogP contribution in [-0.2, 0) is 0 Å². The molecule has 0 aliphatic heterocycles. The number of allylic oxidation sites excluding steroid dienone is 2. The Labute approximate surface area is 325 Å². The Morgan fingerprint density at radius 1 is 0.464 bits per heavy atom. The summed E-state index contributed by atoms with van der Waals surface area (Å²) in [6.07, 6.45) is 4.01. The number of rotatable bonds is 8. The highest BCUT2D eigenvalue weighted by atomic mass is 16.3. The van der Waals surface area contributed by atoms with E-state index in [4.69, 9.17) is 9.41 Å². The molecule has 0 aliphatic carbocycles. The fraction of sp³-hybridized carbons (Fsp3) is 0. The van der Waals surface area contributed by atoms with Gasteiger partial charge < -0.3 is 4.42 Å². The number of nitrogens with zero attached hydrogens (tertiary/aromatic N) is 2. The molecule has 0 spiro atoms. The molecule has 0 radical (unpaired) electrons. The van der Waals surface area contributed by atoms with Gasteiger partial charge in [0.2, 0.25) is 0 Å². The molecule has 0 amide bonds. The van der Waals surface area contributed by atoms with Gasteiger partial charge in [-0.25, -0.2) is 4.99 Å². The zero-order valence-electron chi connectivity index (χ0n) is 30.6. The van der Waals surface area contributed by atoms with Gasteiger partial charge in [0.1, 0.15) is 17.5 Å². The Hall–Kier alpha value is -7.49. The standard InChI is InChI=1S/C53H36N2O/c1-36(37-17-4-2-5-18-37)33-49(38-19-6-3-7-20-38)54-35-55-50-29-14-12-25-44(50)48-34-39(31-32-51(48)55)40-21-8-9-22-41(40)42-23-10-11-24-43(42)46-27-16-28-47-45-26-13-15-30-52(45)56-53(46)47/h2-35H,1H2/b49-33-,54-35?. The second-order valence-electron chi connectivity index (χ2n) is 14.0. The average molecular weight is 717 g/mol. The summed E-state index contributed by atoms with van der Waals surface area (Å²) >= 11 is 0. The van der Waals surface area contributed by atoms with Crippen molar-refractivity contribution in [1.82, 2.24) is 4.57 Å². The van der Waals surface area contributed by atoms with E-state index in [-0.39, 0.29) is 0 Å². The molecule has 0 atom stereocenters. The Bertz CT molecular complexity index is 3140. The van der Waals surface area contributed by atoms with Crippen molar-refractivity contribution < 1.29 is 4.42 Å². The van der Waals surface area contributed by atoms with Crippen molar-refractivity contribution in [2.75, 3.05) is 0 Å². The highest BCUT2D eigenvalue weighted by molar-refractivity contribution is 6.14. The number of para-hydroxylation sites is 3. The summed E-state index contributed by atoms with van der Waals surface area (Å²) in [6.45, 7) is 4.39. The first-order valence-corrected chi connectivity index (χ1v) is 18.9. The molecule has 0 fully saturated rings. The van der Waals surface area contributed by atoms with Crippen molar-refractivity contribution in [3.05, 3.63) is 218 Å². The summed E-state index contributed by atoms with van der Waals surface area (Å²) in [4.78, 5) is 5.14. The predicted molar refractivity (Wildman–Crippen MR) is 237 cm³/mol. The highest BCUT2D eigenvalue weighted by Gasteiger charge is 2.18. The number of aromatic nitrogens is 1. The van der Waals surface area contributed by atoms with Gasteiger partial charge in [0.25, 0.3) is 0 Å². The molecule has 0 aliphatic rings. The van der Waals surface area contributed by atoms with E-state index in [1.807, 2.05) is 54.9 Å². The zero-order chi connectivity index (χ0) is 37.4. The quantitative estimate of drug-likeness (QED) is 0.0875. The fourth-order valence-electron chi connectivity index (χ4n) is 8.00. The molecule has 0 saturated heterocycles. The summed E-state index contributed by atoms with van der Waals surface area (Å²) in [5, 5.41) is 4.59. The fourth-order valence-corrected chi connectivity index (χ4v) is 8.00. The Morgan fingerprint density at radius 2 is 1.02 bits per heavy atom. The highest BCUT2D eigenvalue weighted by Crippen LogP contribution is 2.43. The Balaban J connectivity index is 1.09. The molecular formula is C53H36N2O. The first-order valence-electron chi connectivity index (χ1n) is 18.9. The Morgan fingerprint density at radius 3 is 1.79 bits per heavy atom. The van der Waals surface area contributed by atoms with E-state index < -0.39 is 0 Å². The van der Waals surface area contributed by atoms with Crippen LogP contribution in [0.5, 0.6) is 0 Å². The number of hydrogen-bond donors (Lipinski definition) is 0. The van der Waals surface area contributed by atoms with Gasteiger partial charge in [-0.2, -0.15) is 0 Å². The molecule has 2 heterocycles. The summed E-state index contributed by atoms with van der Waals surface area (Å²) in [5.74, 6) is 0. The number of fused-ring (bicyclic) bond motifs is 6. The minimum absolute atomic E-state index is 0.841. The third-order valence-electron chi connectivity index (χ3n) is 10.7. The summed E-state index contributed by atoms with van der Waals surface area (Å²) in [6, 6.07) is 68.0. The van der Waals surface area contributed by atoms with E-state index in [2.05, 4.69) is 163 Å². The molecule has 3 heteroatoms. The van der Waals surface area contributed by atoms with Gasteiger partial charge in [0.15, 0.2) is 0 Å². The SMILES string of the molecule is C=C(/C=C(\N=Cn1c2ccccc2c2cc(-c3ccccc3-c3ccccc3-c3cccc4c3oc3ccccc34)ccc21)c1ccccc1)c1ccccc1. The summed E-state index contributed by atoms with van der Waals surface area (Å²) in [5.41, 5.74) is 14.7. The molecule has 0 N–H and O–H groups in total. The van der Waals surface area contributed by atoms with Gasteiger partial charge in [0.05, 0.1) is 16.7 Å². The van der Waals surface area contributed by atoms with Crippen molar-refractivity contribution in [3.8, 4) is 33.4 Å². The molecule has 0 unspecified atom stereocenters. The average Bonchev–Trinajstić information content (AvgIpc) is 3.81. The lowest BCUT2D eigenvalue weighted by Crippen LogP contribution is -1.96. The molecule has 0 saturated carbocycles. The summed E-state index contributed by atoms with van der Waals surface area (Å²) < 4.78 is 8.71. The van der Waals surface area contributed by atoms with Crippen LogP contribution in [0.25, 0.3) is 88.4 Å². The van der Waals surface area contributed by atoms with E-state index in [0.717, 1.165) is 88.7 Å². The van der Waals surface area contributed by atoms with Crippen molar-refractivity contribution in [1.29, 1.82) is 0 Å². The van der Waals surface area contributed by atoms with Gasteiger partial charge in [-0.1, -0.05) is 176 Å². The molecule has 56 heavy (non-hydrogen) atoms. The molecule has 264 valence electrons. The van der Waals surface area contributed by atoms with Crippen LogP contribution in [0, 0.1) is 0 Å². The van der Waals surface area contributed by atoms with Crippen molar-refractivity contribution in [2.24, 2.45) is 4.99 Å². The van der Waals surface area contributed by atoms with E-state index in [1.54, 1.807) is 0 Å². The van der Waals surface area contributed by atoms with Crippen LogP contribution in [0.15, 0.2) is 216 Å². The molecule has 3 nitrogen and oxygen atoms in total. The first-order chi connectivity index (χ1) is 27.7. The number of hydrogen-bond acceptors (Lipinski definition) is 2. The minimum Gasteiger partial charge on any atom is -0.455 e. The van der Waals surface area contributed by atoms with Crippen LogP contribution in [0.2, 0.25) is 0 Å². The predicted octanol–water partition coefficient (Wildman–Crippen LogP) is 14.3. The molecule has 8 aromatic carbocycles. The number of furan rings is 1. The van der Waals surface area contributed by atoms with Crippen molar-refractivity contribution in [3.63, 3.8) is 0 Å². The van der Waals surface area contributed by atoms with E-state index in [1.165, 1.54) is 10.8 Å². The molecule has 10 aromatic rings. The largest absolute Gasteiger partial charge is 0.455 e. The van der Waals surface area contributed by atoms with E-state index >= 15 is 0 Å². The van der Waals surface area contributed by atoms with Gasteiger partial charge in [-0.15, -0.1) is 0 Å². The van der Waals surface area contributed by atoms with Crippen LogP contribution in [0.4, 0.5) is 0 Å². The second kappa shape index (κ2) is 14.1. The molecule has 0 bridgehead atoms. The third kappa shape index (κ3) is 5.83. The Kier molecular flexibility index (Phi) is 8.31. The minimum atomic E-state index is 0.841. The van der Waals surface area contributed by atoms with Gasteiger partial charge in [-0.3, -0.25) is 4.57 Å². The van der Waals surface area contributed by atoms with E-state index in [0.29, 0.717) is 0 Å². The lowest BCUT2D eigenvalue weighted by atomic mass is 9.88. The first kappa shape index (κ1) is 33.1. The van der Waals surface area contributed by atoms with Crippen LogP contribution in [0.3, 0.4) is 0 Å². The van der Waals surface area contributed by atoms with Crippen molar-refractivity contribution >= 4 is 61.4 Å². The second-order valence-corrected chi connectivity index (χ2v) is 14.0. The maximum absolute atomic E-state index is 6.51. The number of benzene rings is 8. The number of aliphatic imine (C=N–C) groups is 1. The van der Waals surface area contributed by atoms with Crippen LogP contribution in [-0.4, -0.2) is 10.9 Å². The molecular weight excluding hydrogens is 681 g/mol. The lowest BCUT2D eigenvalue weighted by Gasteiger charge is -2.15. The van der Waals surface area contributed by atoms with Crippen LogP contribution < -0.4 is 0 Å². The van der Waals surface area contributed by atoms with Crippen molar-refractivity contribution in [2.45, 2.75) is 0 Å². The zero-order valence-corrected chi connectivity index (χ0v) is 30.6.